The molecule has 8 nitrogen and oxygen atoms in total. The summed E-state index contributed by atoms with van der Waals surface area (Å²) in [6.45, 7) is 1.65. The topological polar surface area (TPSA) is 125 Å². The first-order valence-electron chi connectivity index (χ1n) is 13.8. The first-order chi connectivity index (χ1) is 20.4. The second kappa shape index (κ2) is 10.7. The van der Waals surface area contributed by atoms with Crippen LogP contribution < -0.4 is 15.2 Å². The largest absolute Gasteiger partial charge is 0.494 e. The van der Waals surface area contributed by atoms with E-state index in [0.717, 1.165) is 12.8 Å². The predicted octanol–water partition coefficient (Wildman–Crippen LogP) is 6.15. The minimum atomic E-state index is -1.50. The molecule has 2 aromatic carbocycles. The molecule has 6 rings (SSSR count). The lowest BCUT2D eigenvalue weighted by molar-refractivity contribution is -0.123. The van der Waals surface area contributed by atoms with Crippen LogP contribution in [0, 0.1) is 11.7 Å². The van der Waals surface area contributed by atoms with Gasteiger partial charge in [0.25, 0.3) is 0 Å². The molecule has 3 heterocycles. The minimum absolute atomic E-state index is 0.00425. The quantitative estimate of drug-likeness (QED) is 0.214. The van der Waals surface area contributed by atoms with Gasteiger partial charge in [0, 0.05) is 34.7 Å². The van der Waals surface area contributed by atoms with Gasteiger partial charge in [-0.15, -0.1) is 0 Å². The highest BCUT2D eigenvalue weighted by molar-refractivity contribution is 6.31. The third-order valence-electron chi connectivity index (χ3n) is 8.50. The van der Waals surface area contributed by atoms with Gasteiger partial charge in [0.15, 0.2) is 5.78 Å². The fourth-order valence-electron chi connectivity index (χ4n) is 5.71. The number of ketones is 1. The molecule has 0 saturated heterocycles. The molecule has 0 unspecified atom stereocenters. The van der Waals surface area contributed by atoms with E-state index in [2.05, 4.69) is 4.98 Å². The molecular formula is C32H28Cl2FN3O5. The van der Waals surface area contributed by atoms with Crippen LogP contribution in [0.1, 0.15) is 54.2 Å². The van der Waals surface area contributed by atoms with Gasteiger partial charge in [-0.1, -0.05) is 23.2 Å². The van der Waals surface area contributed by atoms with Crippen molar-refractivity contribution < 1.29 is 28.6 Å². The van der Waals surface area contributed by atoms with Crippen LogP contribution in [-0.2, 0) is 15.8 Å². The number of halogens is 3. The second-order valence-corrected chi connectivity index (χ2v) is 12.2. The average molecular weight is 624 g/mol. The van der Waals surface area contributed by atoms with E-state index < -0.39 is 22.7 Å². The van der Waals surface area contributed by atoms with E-state index in [1.165, 1.54) is 31.5 Å². The number of nitrogens with two attached hydrogens (primary N) is 1. The summed E-state index contributed by atoms with van der Waals surface area (Å²) < 4.78 is 25.4. The van der Waals surface area contributed by atoms with Crippen molar-refractivity contribution in [1.82, 2.24) is 9.97 Å². The number of aromatic nitrogens is 2. The highest BCUT2D eigenvalue weighted by atomic mass is 35.5. The Morgan fingerprint density at radius 2 is 1.98 bits per heavy atom. The highest BCUT2D eigenvalue weighted by Gasteiger charge is 2.49. The van der Waals surface area contributed by atoms with Gasteiger partial charge in [-0.2, -0.15) is 0 Å². The van der Waals surface area contributed by atoms with E-state index in [-0.39, 0.29) is 41.9 Å². The van der Waals surface area contributed by atoms with Crippen molar-refractivity contribution in [3.8, 4) is 22.8 Å². The molecule has 0 radical (unpaired) electrons. The number of pyridine rings is 2. The number of hydrogen-bond acceptors (Lipinski definition) is 7. The summed E-state index contributed by atoms with van der Waals surface area (Å²) in [6, 6.07) is 10.8. The zero-order valence-corrected chi connectivity index (χ0v) is 24.9. The first kappa shape index (κ1) is 29.3. The van der Waals surface area contributed by atoms with Gasteiger partial charge in [-0.05, 0) is 74.6 Å². The van der Waals surface area contributed by atoms with Crippen LogP contribution in [-0.4, -0.2) is 40.5 Å². The van der Waals surface area contributed by atoms with Crippen molar-refractivity contribution in [2.45, 2.75) is 43.6 Å². The van der Waals surface area contributed by atoms with Gasteiger partial charge in [-0.3, -0.25) is 14.6 Å². The maximum absolute atomic E-state index is 14.0. The van der Waals surface area contributed by atoms with Crippen molar-refractivity contribution in [3.63, 3.8) is 0 Å². The molecule has 1 aliphatic heterocycles. The lowest BCUT2D eigenvalue weighted by Gasteiger charge is -2.29. The molecular weight excluding hydrogens is 596 g/mol. The van der Waals surface area contributed by atoms with Crippen LogP contribution in [0.2, 0.25) is 10.0 Å². The van der Waals surface area contributed by atoms with Crippen LogP contribution in [0.3, 0.4) is 0 Å². The van der Waals surface area contributed by atoms with Crippen LogP contribution in [0.5, 0.6) is 11.5 Å². The monoisotopic (exact) mass is 623 g/mol. The lowest BCUT2D eigenvalue weighted by atomic mass is 9.80. The van der Waals surface area contributed by atoms with Crippen LogP contribution in [0.4, 0.5) is 4.39 Å². The van der Waals surface area contributed by atoms with Crippen LogP contribution >= 0.6 is 23.2 Å². The average Bonchev–Trinajstić information content (AvgIpc) is 3.79. The van der Waals surface area contributed by atoms with Crippen molar-refractivity contribution in [1.29, 1.82) is 0 Å². The number of carbonyl (C=O) groups is 2. The molecule has 43 heavy (non-hydrogen) atoms. The van der Waals surface area contributed by atoms with Gasteiger partial charge in [0.05, 0.1) is 22.8 Å². The fourth-order valence-corrected chi connectivity index (χ4v) is 6.05. The SMILES string of the molecule is COc1cc(C(=O)CC[C@](O)(c2cc3c(c(-c4ccc(F)c(Cl)c4)n2)OC[C@]3(C)C(N)=O)C2CC2)cc2cc(Cl)cnc12. The summed E-state index contributed by atoms with van der Waals surface area (Å²) in [5, 5.41) is 13.2. The molecule has 11 heteroatoms. The van der Waals surface area contributed by atoms with E-state index in [0.29, 0.717) is 49.8 Å². The molecule has 222 valence electrons. The van der Waals surface area contributed by atoms with E-state index in [9.17, 15) is 19.1 Å². The highest BCUT2D eigenvalue weighted by Crippen LogP contribution is 2.52. The number of hydrogen-bond donors (Lipinski definition) is 2. The second-order valence-electron chi connectivity index (χ2n) is 11.4. The molecule has 1 fully saturated rings. The summed E-state index contributed by atoms with van der Waals surface area (Å²) in [7, 11) is 1.50. The van der Waals surface area contributed by atoms with Gasteiger partial charge in [0.2, 0.25) is 5.91 Å². The van der Waals surface area contributed by atoms with E-state index >= 15 is 0 Å². The zero-order valence-electron chi connectivity index (χ0n) is 23.4. The zero-order chi connectivity index (χ0) is 30.7. The Kier molecular flexibility index (Phi) is 7.31. The van der Waals surface area contributed by atoms with E-state index in [1.807, 2.05) is 0 Å². The van der Waals surface area contributed by atoms with Crippen LogP contribution in [0.15, 0.2) is 48.7 Å². The van der Waals surface area contributed by atoms with E-state index in [4.69, 9.17) is 43.4 Å². The maximum Gasteiger partial charge on any atom is 0.231 e. The first-order valence-corrected chi connectivity index (χ1v) is 14.5. The number of amides is 1. The molecule has 2 aliphatic rings. The third kappa shape index (κ3) is 5.09. The van der Waals surface area contributed by atoms with E-state index in [1.54, 1.807) is 31.2 Å². The minimum Gasteiger partial charge on any atom is -0.494 e. The summed E-state index contributed by atoms with van der Waals surface area (Å²) in [4.78, 5) is 35.3. The number of rotatable bonds is 9. The van der Waals surface area contributed by atoms with Gasteiger partial charge >= 0.3 is 0 Å². The number of aliphatic hydroxyl groups is 1. The Labute approximate surface area is 256 Å². The summed E-state index contributed by atoms with van der Waals surface area (Å²) in [5.74, 6) is -0.821. The van der Waals surface area contributed by atoms with Crippen molar-refractivity contribution >= 4 is 45.8 Å². The number of carbonyl (C=O) groups excluding carboxylic acids is 2. The Balaban J connectivity index is 1.40. The molecule has 4 aromatic rings. The molecule has 1 amide bonds. The number of primary amides is 1. The predicted molar refractivity (Wildman–Crippen MR) is 160 cm³/mol. The van der Waals surface area contributed by atoms with Gasteiger partial charge in [-0.25, -0.2) is 9.37 Å². The molecule has 0 bridgehead atoms. The standard InChI is InChI=1S/C32H28Cl2FN3O5/c1-31(30(36)40)15-43-29-21(31)13-26(38-28(29)16-3-6-23(35)22(34)11-16)32(41,19-4-5-19)8-7-24(39)17-9-18-10-20(33)14-37-27(18)25(12-17)42-2/h3,6,9-14,19,41H,4-5,7-8,15H2,1-2H3,(H2,36,40)/t31-,32+/m0/s1. The number of Topliss-reactive ketones (excluding diaryl/α,β-unsaturated/α-hetero) is 1. The number of benzene rings is 2. The van der Waals surface area contributed by atoms with Crippen molar-refractivity contribution in [2.75, 3.05) is 13.7 Å². The lowest BCUT2D eigenvalue weighted by Crippen LogP contribution is -2.40. The number of methoxy groups -OCH3 is 1. The summed E-state index contributed by atoms with van der Waals surface area (Å²) >= 11 is 12.2. The molecule has 0 spiro atoms. The van der Waals surface area contributed by atoms with Crippen molar-refractivity contribution in [3.05, 3.63) is 81.3 Å². The Bertz CT molecular complexity index is 1810. The Hall–Kier alpha value is -3.79. The Morgan fingerprint density at radius 1 is 1.21 bits per heavy atom. The summed E-state index contributed by atoms with van der Waals surface area (Å²) in [5.41, 5.74) is 5.57. The maximum atomic E-state index is 14.0. The molecule has 1 saturated carbocycles. The van der Waals surface area contributed by atoms with Crippen molar-refractivity contribution in [2.24, 2.45) is 11.7 Å². The van der Waals surface area contributed by atoms with Gasteiger partial charge in [0.1, 0.15) is 46.1 Å². The van der Waals surface area contributed by atoms with Crippen LogP contribution in [0.25, 0.3) is 22.2 Å². The third-order valence-corrected chi connectivity index (χ3v) is 8.99. The number of fused-ring (bicyclic) bond motifs is 2. The molecule has 2 aromatic heterocycles. The number of ether oxygens (including phenoxy) is 2. The summed E-state index contributed by atoms with van der Waals surface area (Å²) in [6.07, 6.45) is 3.04. The molecule has 2 atom stereocenters. The van der Waals surface area contributed by atoms with Gasteiger partial charge < -0.3 is 20.3 Å². The smallest absolute Gasteiger partial charge is 0.231 e. The Morgan fingerprint density at radius 3 is 2.65 bits per heavy atom. The fraction of sp³-hybridized carbons (Fsp3) is 0.312. The molecule has 3 N–H and O–H groups in total. The molecule has 1 aliphatic carbocycles. The number of nitrogens with zero attached hydrogens (tertiary/aromatic N) is 2. The normalized spacial score (nSPS) is 19.0.